The highest BCUT2D eigenvalue weighted by atomic mass is 19.4. The molecule has 1 aliphatic heterocycles. The molecular formula is C36H31F6N5O4. The van der Waals surface area contributed by atoms with Gasteiger partial charge in [-0.15, -0.1) is 13.2 Å². The van der Waals surface area contributed by atoms with Crippen LogP contribution in [-0.2, 0) is 19.8 Å². The first-order chi connectivity index (χ1) is 24.1. The zero-order valence-electron chi connectivity index (χ0n) is 27.3. The van der Waals surface area contributed by atoms with Gasteiger partial charge in [0.1, 0.15) is 17.2 Å². The van der Waals surface area contributed by atoms with E-state index >= 15 is 0 Å². The Bertz CT molecular complexity index is 2020. The third kappa shape index (κ3) is 8.26. The first-order valence-electron chi connectivity index (χ1n) is 15.7. The number of aryl methyl sites for hydroxylation is 1. The summed E-state index contributed by atoms with van der Waals surface area (Å²) in [7, 11) is 3.30. The molecule has 1 aliphatic rings. The molecule has 0 unspecified atom stereocenters. The summed E-state index contributed by atoms with van der Waals surface area (Å²) in [6.07, 6.45) is -7.83. The molecule has 0 N–H and O–H groups in total. The number of benzene rings is 3. The molecule has 6 rings (SSSR count). The quantitative estimate of drug-likeness (QED) is 0.155. The van der Waals surface area contributed by atoms with Crippen LogP contribution in [-0.4, -0.2) is 70.8 Å². The van der Waals surface area contributed by atoms with Crippen molar-refractivity contribution in [3.63, 3.8) is 0 Å². The number of alkyl halides is 6. The average molecular weight is 712 g/mol. The van der Waals surface area contributed by atoms with E-state index in [4.69, 9.17) is 4.74 Å². The predicted octanol–water partition coefficient (Wildman–Crippen LogP) is 7.52. The maximum absolute atomic E-state index is 13.5. The zero-order chi connectivity index (χ0) is 36.5. The Morgan fingerprint density at radius 2 is 1.49 bits per heavy atom. The van der Waals surface area contributed by atoms with Crippen molar-refractivity contribution in [1.82, 2.24) is 19.4 Å². The van der Waals surface area contributed by atoms with Crippen molar-refractivity contribution in [2.75, 3.05) is 38.1 Å². The molecule has 2 aromatic heterocycles. The third-order valence-electron chi connectivity index (χ3n) is 8.55. The fraction of sp³-hybridized carbons (Fsp3) is 0.250. The topological polar surface area (TPSA) is 80.1 Å². The molecule has 1 fully saturated rings. The van der Waals surface area contributed by atoms with Crippen LogP contribution in [0.3, 0.4) is 0 Å². The van der Waals surface area contributed by atoms with E-state index in [1.807, 2.05) is 10.6 Å². The van der Waals surface area contributed by atoms with E-state index in [2.05, 4.69) is 14.6 Å². The van der Waals surface area contributed by atoms with E-state index < -0.39 is 24.0 Å². The zero-order valence-corrected chi connectivity index (χ0v) is 27.3. The molecule has 2 amide bonds. The number of pyridine rings is 1. The van der Waals surface area contributed by atoms with Gasteiger partial charge in [0.15, 0.2) is 0 Å². The van der Waals surface area contributed by atoms with E-state index in [1.54, 1.807) is 54.4 Å². The minimum absolute atomic E-state index is 0.0905. The number of anilines is 1. The van der Waals surface area contributed by atoms with Crippen molar-refractivity contribution in [1.29, 1.82) is 0 Å². The molecule has 3 heterocycles. The van der Waals surface area contributed by atoms with Crippen LogP contribution < -0.4 is 14.4 Å². The van der Waals surface area contributed by atoms with Gasteiger partial charge in [0, 0.05) is 69.4 Å². The number of nitrogens with zero attached hydrogens (tertiary/aromatic N) is 5. The van der Waals surface area contributed by atoms with E-state index in [0.717, 1.165) is 40.7 Å². The lowest BCUT2D eigenvalue weighted by Crippen LogP contribution is -2.48. The minimum Gasteiger partial charge on any atom is -0.439 e. The summed E-state index contributed by atoms with van der Waals surface area (Å²) in [4.78, 5) is 35.8. The number of rotatable bonds is 8. The molecule has 51 heavy (non-hydrogen) atoms. The highest BCUT2D eigenvalue weighted by Crippen LogP contribution is 2.31. The normalized spacial score (nSPS) is 14.1. The summed E-state index contributed by atoms with van der Waals surface area (Å²) < 4.78 is 87.6. The Labute approximate surface area is 288 Å². The molecule has 9 nitrogen and oxygen atoms in total. The monoisotopic (exact) mass is 711 g/mol. The van der Waals surface area contributed by atoms with Crippen molar-refractivity contribution < 1.29 is 45.4 Å². The highest BCUT2D eigenvalue weighted by Gasteiger charge is 2.32. The predicted molar refractivity (Wildman–Crippen MR) is 176 cm³/mol. The summed E-state index contributed by atoms with van der Waals surface area (Å²) in [5, 5.41) is 0.772. The second-order valence-corrected chi connectivity index (χ2v) is 12.0. The van der Waals surface area contributed by atoms with Gasteiger partial charge in [-0.25, -0.2) is 4.98 Å². The number of carbonyl (C=O) groups is 2. The van der Waals surface area contributed by atoms with Gasteiger partial charge in [-0.1, -0.05) is 12.1 Å². The maximum atomic E-state index is 13.5. The van der Waals surface area contributed by atoms with E-state index in [1.165, 1.54) is 30.3 Å². The molecule has 0 radical (unpaired) electrons. The van der Waals surface area contributed by atoms with Crippen LogP contribution >= 0.6 is 0 Å². The van der Waals surface area contributed by atoms with E-state index in [0.29, 0.717) is 49.9 Å². The SMILES string of the molecule is CN(C(=O)c1ccc(C(F)(F)F)cc1)c1ccc(Oc2ccc3c(c2)cc(C(=O)N2CCN(Cc4ccc(OC(F)(F)F)cc4)CC2)n3C)nc1. The average Bonchev–Trinajstić information content (AvgIpc) is 3.43. The molecule has 5 aromatic rings. The first kappa shape index (κ1) is 35.3. The number of piperazine rings is 1. The van der Waals surface area contributed by atoms with Gasteiger partial charge in [-0.3, -0.25) is 14.5 Å². The van der Waals surface area contributed by atoms with Gasteiger partial charge >= 0.3 is 12.5 Å². The van der Waals surface area contributed by atoms with Crippen LogP contribution in [0.2, 0.25) is 0 Å². The van der Waals surface area contributed by atoms with Crippen molar-refractivity contribution in [3.05, 3.63) is 114 Å². The summed E-state index contributed by atoms with van der Waals surface area (Å²) >= 11 is 0. The number of ether oxygens (including phenoxy) is 2. The lowest BCUT2D eigenvalue weighted by molar-refractivity contribution is -0.274. The molecule has 0 spiro atoms. The van der Waals surface area contributed by atoms with Gasteiger partial charge in [0.25, 0.3) is 11.8 Å². The molecule has 0 aliphatic carbocycles. The molecule has 15 heteroatoms. The van der Waals surface area contributed by atoms with Crippen LogP contribution in [0.5, 0.6) is 17.4 Å². The lowest BCUT2D eigenvalue weighted by Gasteiger charge is -2.34. The minimum atomic E-state index is -4.74. The van der Waals surface area contributed by atoms with Gasteiger partial charge < -0.3 is 23.8 Å². The van der Waals surface area contributed by atoms with Gasteiger partial charge in [0.2, 0.25) is 5.88 Å². The van der Waals surface area contributed by atoms with E-state index in [9.17, 15) is 35.9 Å². The van der Waals surface area contributed by atoms with Gasteiger partial charge in [-0.2, -0.15) is 13.2 Å². The molecule has 1 saturated heterocycles. The van der Waals surface area contributed by atoms with Gasteiger partial charge in [0.05, 0.1) is 17.4 Å². The maximum Gasteiger partial charge on any atom is 0.573 e. The number of halogens is 6. The highest BCUT2D eigenvalue weighted by molar-refractivity contribution is 6.05. The van der Waals surface area contributed by atoms with E-state index in [-0.39, 0.29) is 23.1 Å². The number of carbonyl (C=O) groups excluding carboxylic acids is 2. The molecule has 0 bridgehead atoms. The van der Waals surface area contributed by atoms with Crippen LogP contribution in [0.4, 0.5) is 32.0 Å². The summed E-state index contributed by atoms with van der Waals surface area (Å²) in [5.74, 6) is -0.204. The molecule has 266 valence electrons. The van der Waals surface area contributed by atoms with Crippen molar-refractivity contribution >= 4 is 28.4 Å². The standard InChI is InChI=1S/C36H31F6N5O4/c1-44(33(48)24-5-7-26(8-6-24)35(37,38)39)27-9-14-32(43-21-27)50-29-12-13-30-25(19-29)20-31(45(30)2)34(49)47-17-15-46(16-18-47)22-23-3-10-28(11-4-23)51-36(40,41)42/h3-14,19-21H,15-18,22H2,1-2H3. The van der Waals surface area contributed by atoms with Crippen LogP contribution in [0.25, 0.3) is 10.9 Å². The Hall–Kier alpha value is -5.57. The molecular weight excluding hydrogens is 680 g/mol. The summed E-state index contributed by atoms with van der Waals surface area (Å²) in [6.45, 7) is 2.69. The Morgan fingerprint density at radius 1 is 0.824 bits per heavy atom. The number of hydrogen-bond acceptors (Lipinski definition) is 6. The van der Waals surface area contributed by atoms with Crippen molar-refractivity contribution in [3.8, 4) is 17.4 Å². The smallest absolute Gasteiger partial charge is 0.439 e. The Kier molecular flexibility index (Phi) is 9.66. The fourth-order valence-corrected chi connectivity index (χ4v) is 5.79. The molecule has 0 atom stereocenters. The largest absolute Gasteiger partial charge is 0.573 e. The van der Waals surface area contributed by atoms with Crippen LogP contribution in [0.15, 0.2) is 91.1 Å². The van der Waals surface area contributed by atoms with Crippen molar-refractivity contribution in [2.24, 2.45) is 7.05 Å². The van der Waals surface area contributed by atoms with Crippen LogP contribution in [0, 0.1) is 0 Å². The molecule has 0 saturated carbocycles. The second kappa shape index (κ2) is 14.0. The Balaban J connectivity index is 1.05. The lowest BCUT2D eigenvalue weighted by atomic mass is 10.1. The number of fused-ring (bicyclic) bond motifs is 1. The fourth-order valence-electron chi connectivity index (χ4n) is 5.79. The number of hydrogen-bond donors (Lipinski definition) is 0. The van der Waals surface area contributed by atoms with Gasteiger partial charge in [-0.05, 0) is 72.3 Å². The summed E-state index contributed by atoms with van der Waals surface area (Å²) in [5.41, 5.74) is 1.80. The number of aromatic nitrogens is 2. The van der Waals surface area contributed by atoms with Crippen molar-refractivity contribution in [2.45, 2.75) is 19.1 Å². The molecule has 3 aromatic carbocycles. The first-order valence-corrected chi connectivity index (χ1v) is 15.7. The second-order valence-electron chi connectivity index (χ2n) is 12.0. The summed E-state index contributed by atoms with van der Waals surface area (Å²) in [6, 6.07) is 20.0. The Morgan fingerprint density at radius 3 is 2.10 bits per heavy atom. The number of amides is 2. The van der Waals surface area contributed by atoms with Crippen LogP contribution in [0.1, 0.15) is 32.0 Å². The third-order valence-corrected chi connectivity index (χ3v) is 8.55.